The van der Waals surface area contributed by atoms with E-state index in [9.17, 15) is 4.79 Å². The number of aromatic nitrogens is 2. The molecule has 0 radical (unpaired) electrons. The van der Waals surface area contributed by atoms with Crippen LogP contribution in [0, 0.1) is 0 Å². The monoisotopic (exact) mass is 316 g/mol. The standard InChI is InChI=1S/C16H17ClN4O/c1-2-7-18-15(22)13-10-20-16(21-11-13)19-8-6-12-4-3-5-14(17)9-12/h2-5,9-11H,1,6-8H2,(H,18,22)(H,19,20,21). The topological polar surface area (TPSA) is 66.9 Å². The summed E-state index contributed by atoms with van der Waals surface area (Å²) < 4.78 is 0. The van der Waals surface area contributed by atoms with E-state index in [0.29, 0.717) is 24.6 Å². The minimum Gasteiger partial charge on any atom is -0.354 e. The van der Waals surface area contributed by atoms with Gasteiger partial charge in [0.05, 0.1) is 5.56 Å². The summed E-state index contributed by atoms with van der Waals surface area (Å²) in [6.45, 7) is 4.64. The third-order valence-corrected chi connectivity index (χ3v) is 3.14. The zero-order valence-electron chi connectivity index (χ0n) is 12.1. The first kappa shape index (κ1) is 16.0. The lowest BCUT2D eigenvalue weighted by molar-refractivity contribution is 0.0957. The van der Waals surface area contributed by atoms with Gasteiger partial charge in [0, 0.05) is 30.5 Å². The summed E-state index contributed by atoms with van der Waals surface area (Å²) in [7, 11) is 0. The van der Waals surface area contributed by atoms with Crippen LogP contribution in [-0.4, -0.2) is 29.0 Å². The molecule has 0 bridgehead atoms. The van der Waals surface area contributed by atoms with Crippen molar-refractivity contribution < 1.29 is 4.79 Å². The normalized spacial score (nSPS) is 10.0. The third-order valence-electron chi connectivity index (χ3n) is 2.91. The van der Waals surface area contributed by atoms with Crippen LogP contribution >= 0.6 is 11.6 Å². The zero-order chi connectivity index (χ0) is 15.8. The Bertz CT molecular complexity index is 643. The molecule has 0 aliphatic carbocycles. The second-order valence-electron chi connectivity index (χ2n) is 4.60. The first-order valence-corrected chi connectivity index (χ1v) is 7.26. The van der Waals surface area contributed by atoms with Crippen LogP contribution in [0.25, 0.3) is 0 Å². The molecule has 114 valence electrons. The second kappa shape index (κ2) is 8.14. The van der Waals surface area contributed by atoms with Crippen LogP contribution in [0.2, 0.25) is 5.02 Å². The van der Waals surface area contributed by atoms with Gasteiger partial charge in [0.25, 0.3) is 5.91 Å². The fourth-order valence-electron chi connectivity index (χ4n) is 1.81. The molecule has 0 spiro atoms. The molecule has 1 amide bonds. The molecule has 0 saturated carbocycles. The highest BCUT2D eigenvalue weighted by Crippen LogP contribution is 2.11. The summed E-state index contributed by atoms with van der Waals surface area (Å²) in [6.07, 6.45) is 5.41. The van der Waals surface area contributed by atoms with E-state index < -0.39 is 0 Å². The molecule has 0 atom stereocenters. The summed E-state index contributed by atoms with van der Waals surface area (Å²) in [5.74, 6) is 0.271. The fraction of sp³-hybridized carbons (Fsp3) is 0.188. The van der Waals surface area contributed by atoms with Gasteiger partial charge in [-0.05, 0) is 24.1 Å². The number of rotatable bonds is 7. The molecule has 1 heterocycles. The van der Waals surface area contributed by atoms with Crippen LogP contribution in [0.4, 0.5) is 5.95 Å². The second-order valence-corrected chi connectivity index (χ2v) is 5.04. The number of amides is 1. The average Bonchev–Trinajstić information content (AvgIpc) is 2.53. The molecule has 0 fully saturated rings. The summed E-state index contributed by atoms with van der Waals surface area (Å²) >= 11 is 5.93. The third kappa shape index (κ3) is 4.86. The van der Waals surface area contributed by atoms with Gasteiger partial charge in [-0.15, -0.1) is 6.58 Å². The highest BCUT2D eigenvalue weighted by molar-refractivity contribution is 6.30. The summed E-state index contributed by atoms with van der Waals surface area (Å²) in [5.41, 5.74) is 1.56. The predicted octanol–water partition coefficient (Wildman–Crippen LogP) is 2.70. The molecule has 2 N–H and O–H groups in total. The Morgan fingerprint density at radius 1 is 1.32 bits per heavy atom. The molecule has 1 aromatic carbocycles. The van der Waals surface area contributed by atoms with E-state index in [1.54, 1.807) is 6.08 Å². The Kier molecular flexibility index (Phi) is 5.91. The number of anilines is 1. The van der Waals surface area contributed by atoms with Crippen molar-refractivity contribution in [2.24, 2.45) is 0 Å². The largest absolute Gasteiger partial charge is 0.354 e. The van der Waals surface area contributed by atoms with Crippen molar-refractivity contribution in [3.63, 3.8) is 0 Å². The molecule has 0 aliphatic heterocycles. The number of carbonyl (C=O) groups excluding carboxylic acids is 1. The van der Waals surface area contributed by atoms with Gasteiger partial charge in [0.2, 0.25) is 5.95 Å². The van der Waals surface area contributed by atoms with Crippen LogP contribution in [0.5, 0.6) is 0 Å². The van der Waals surface area contributed by atoms with Crippen molar-refractivity contribution in [2.75, 3.05) is 18.4 Å². The maximum Gasteiger partial charge on any atom is 0.254 e. The van der Waals surface area contributed by atoms with Crippen molar-refractivity contribution in [3.8, 4) is 0 Å². The minimum absolute atomic E-state index is 0.217. The molecule has 0 unspecified atom stereocenters. The smallest absolute Gasteiger partial charge is 0.254 e. The van der Waals surface area contributed by atoms with E-state index in [0.717, 1.165) is 17.0 Å². The van der Waals surface area contributed by atoms with Gasteiger partial charge in [-0.2, -0.15) is 0 Å². The van der Waals surface area contributed by atoms with E-state index in [1.807, 2.05) is 24.3 Å². The van der Waals surface area contributed by atoms with Gasteiger partial charge in [0.1, 0.15) is 0 Å². The van der Waals surface area contributed by atoms with E-state index in [1.165, 1.54) is 12.4 Å². The maximum absolute atomic E-state index is 11.7. The van der Waals surface area contributed by atoms with E-state index in [4.69, 9.17) is 11.6 Å². The van der Waals surface area contributed by atoms with Gasteiger partial charge in [-0.3, -0.25) is 4.79 Å². The molecule has 1 aromatic heterocycles. The van der Waals surface area contributed by atoms with Crippen molar-refractivity contribution in [2.45, 2.75) is 6.42 Å². The Morgan fingerprint density at radius 2 is 2.09 bits per heavy atom. The van der Waals surface area contributed by atoms with Crippen LogP contribution in [0.1, 0.15) is 15.9 Å². The first-order chi connectivity index (χ1) is 10.7. The van der Waals surface area contributed by atoms with Gasteiger partial charge in [-0.1, -0.05) is 29.8 Å². The Labute approximate surface area is 134 Å². The molecule has 6 heteroatoms. The summed E-state index contributed by atoms with van der Waals surface area (Å²) in [6, 6.07) is 7.71. The first-order valence-electron chi connectivity index (χ1n) is 6.88. The average molecular weight is 317 g/mol. The highest BCUT2D eigenvalue weighted by atomic mass is 35.5. The van der Waals surface area contributed by atoms with Crippen molar-refractivity contribution in [1.82, 2.24) is 15.3 Å². The number of hydrogen-bond donors (Lipinski definition) is 2. The van der Waals surface area contributed by atoms with E-state index in [-0.39, 0.29) is 5.91 Å². The van der Waals surface area contributed by atoms with Crippen LogP contribution in [0.15, 0.2) is 49.3 Å². The summed E-state index contributed by atoms with van der Waals surface area (Å²) in [5, 5.41) is 6.50. The van der Waals surface area contributed by atoms with Crippen molar-refractivity contribution in [3.05, 3.63) is 65.5 Å². The molecule has 22 heavy (non-hydrogen) atoms. The summed E-state index contributed by atoms with van der Waals surface area (Å²) in [4.78, 5) is 19.9. The van der Waals surface area contributed by atoms with Gasteiger partial charge < -0.3 is 10.6 Å². The Hall–Kier alpha value is -2.40. The van der Waals surface area contributed by atoms with Crippen LogP contribution in [0.3, 0.4) is 0 Å². The van der Waals surface area contributed by atoms with Crippen molar-refractivity contribution in [1.29, 1.82) is 0 Å². The maximum atomic E-state index is 11.7. The molecule has 5 nitrogen and oxygen atoms in total. The van der Waals surface area contributed by atoms with E-state index in [2.05, 4.69) is 27.2 Å². The molecular formula is C16H17ClN4O. The quantitative estimate of drug-likeness (QED) is 0.771. The lowest BCUT2D eigenvalue weighted by Crippen LogP contribution is -2.23. The number of benzene rings is 1. The molecule has 2 aromatic rings. The molecular weight excluding hydrogens is 300 g/mol. The van der Waals surface area contributed by atoms with Crippen molar-refractivity contribution >= 4 is 23.5 Å². The molecule has 2 rings (SSSR count). The zero-order valence-corrected chi connectivity index (χ0v) is 12.8. The lowest BCUT2D eigenvalue weighted by atomic mass is 10.1. The molecule has 0 aliphatic rings. The van der Waals surface area contributed by atoms with Crippen LogP contribution < -0.4 is 10.6 Å². The number of hydrogen-bond acceptors (Lipinski definition) is 4. The SMILES string of the molecule is C=CCNC(=O)c1cnc(NCCc2cccc(Cl)c2)nc1. The number of carbonyl (C=O) groups is 1. The Morgan fingerprint density at radius 3 is 2.77 bits per heavy atom. The van der Waals surface area contributed by atoms with Crippen LogP contribution in [-0.2, 0) is 6.42 Å². The fourth-order valence-corrected chi connectivity index (χ4v) is 2.03. The van der Waals surface area contributed by atoms with E-state index >= 15 is 0 Å². The number of nitrogens with one attached hydrogen (secondary N) is 2. The molecule has 0 saturated heterocycles. The highest BCUT2D eigenvalue weighted by Gasteiger charge is 2.05. The lowest BCUT2D eigenvalue weighted by Gasteiger charge is -2.06. The minimum atomic E-state index is -0.217. The van der Waals surface area contributed by atoms with Gasteiger partial charge >= 0.3 is 0 Å². The Balaban J connectivity index is 1.83. The number of halogens is 1. The van der Waals surface area contributed by atoms with Gasteiger partial charge in [0.15, 0.2) is 0 Å². The number of nitrogens with zero attached hydrogens (tertiary/aromatic N) is 2. The van der Waals surface area contributed by atoms with Gasteiger partial charge in [-0.25, -0.2) is 9.97 Å². The predicted molar refractivity (Wildman–Crippen MR) is 88.2 cm³/mol.